The van der Waals surface area contributed by atoms with Gasteiger partial charge < -0.3 is 37.3 Å². The number of hydrogen-bond acceptors (Lipinski definition) is 7. The van der Waals surface area contributed by atoms with Gasteiger partial charge in [0, 0.05) is 18.3 Å². The summed E-state index contributed by atoms with van der Waals surface area (Å²) in [5.74, 6) is -3.90. The Morgan fingerprint density at radius 1 is 1.27 bits per heavy atom. The number of carboxylic acids is 1. The summed E-state index contributed by atoms with van der Waals surface area (Å²) in [7, 11) is 0. The van der Waals surface area contributed by atoms with Gasteiger partial charge in [-0.3, -0.25) is 14.4 Å². The summed E-state index contributed by atoms with van der Waals surface area (Å²) in [6.07, 6.45) is 0.944. The molecule has 0 aliphatic carbocycles. The Kier molecular flexibility index (Phi) is 7.68. The van der Waals surface area contributed by atoms with Crippen molar-refractivity contribution in [1.82, 2.24) is 20.6 Å². The number of aliphatic hydroxyl groups excluding tert-OH is 1. The molecule has 0 aromatic carbocycles. The summed E-state index contributed by atoms with van der Waals surface area (Å²) in [5.41, 5.74) is 11.0. The fraction of sp³-hybridized carbons (Fsp3) is 0.500. The molecule has 9 N–H and O–H groups in total. The van der Waals surface area contributed by atoms with Crippen LogP contribution in [0.1, 0.15) is 19.0 Å². The molecule has 1 aromatic rings. The standard InChI is InChI=1S/C14H22N6O6/c1-6(21)11(14(25)26)20-13(24)9(2-7-4-17-5-18-7)19-12(23)8(15)3-10(16)22/h4-6,8-9,11,21H,2-3,15H2,1H3,(H2,16,22)(H,17,18)(H,19,23)(H,20,24)(H,25,26). The second-order valence-electron chi connectivity index (χ2n) is 5.68. The van der Waals surface area contributed by atoms with E-state index >= 15 is 0 Å². The number of nitrogens with one attached hydrogen (secondary N) is 3. The number of aliphatic carboxylic acids is 1. The molecule has 1 rings (SSSR count). The second kappa shape index (κ2) is 9.48. The van der Waals surface area contributed by atoms with Crippen molar-refractivity contribution in [2.75, 3.05) is 0 Å². The number of aromatic nitrogens is 2. The summed E-state index contributed by atoms with van der Waals surface area (Å²) < 4.78 is 0. The molecule has 0 fully saturated rings. The topological polar surface area (TPSA) is 214 Å². The number of primary amides is 1. The van der Waals surface area contributed by atoms with Crippen molar-refractivity contribution >= 4 is 23.7 Å². The van der Waals surface area contributed by atoms with Gasteiger partial charge in [-0.2, -0.15) is 0 Å². The molecule has 0 aliphatic heterocycles. The van der Waals surface area contributed by atoms with E-state index in [0.29, 0.717) is 5.69 Å². The van der Waals surface area contributed by atoms with E-state index in [2.05, 4.69) is 20.6 Å². The second-order valence-corrected chi connectivity index (χ2v) is 5.68. The number of carboxylic acid groups (broad SMARTS) is 1. The number of carbonyl (C=O) groups excluding carboxylic acids is 3. The van der Waals surface area contributed by atoms with Crippen molar-refractivity contribution in [2.24, 2.45) is 11.5 Å². The molecule has 0 spiro atoms. The number of H-pyrrole nitrogens is 1. The van der Waals surface area contributed by atoms with Crippen LogP contribution in [-0.4, -0.2) is 68.1 Å². The number of aliphatic hydroxyl groups is 1. The van der Waals surface area contributed by atoms with Crippen LogP contribution in [0.4, 0.5) is 0 Å². The number of nitrogens with zero attached hydrogens (tertiary/aromatic N) is 1. The number of carbonyl (C=O) groups is 4. The van der Waals surface area contributed by atoms with E-state index in [1.54, 1.807) is 0 Å². The molecule has 12 heteroatoms. The van der Waals surface area contributed by atoms with Gasteiger partial charge in [-0.1, -0.05) is 0 Å². The highest BCUT2D eigenvalue weighted by Gasteiger charge is 2.30. The summed E-state index contributed by atoms with van der Waals surface area (Å²) in [6.45, 7) is 1.20. The summed E-state index contributed by atoms with van der Waals surface area (Å²) in [5, 5.41) is 23.0. The van der Waals surface area contributed by atoms with Gasteiger partial charge in [0.1, 0.15) is 6.04 Å². The average molecular weight is 370 g/mol. The van der Waals surface area contributed by atoms with Gasteiger partial charge in [-0.25, -0.2) is 9.78 Å². The first-order chi connectivity index (χ1) is 12.1. The molecular formula is C14H22N6O6. The van der Waals surface area contributed by atoms with Crippen LogP contribution in [0.2, 0.25) is 0 Å². The smallest absolute Gasteiger partial charge is 0.328 e. The Morgan fingerprint density at radius 3 is 2.38 bits per heavy atom. The molecule has 0 radical (unpaired) electrons. The maximum atomic E-state index is 12.4. The zero-order valence-electron chi connectivity index (χ0n) is 14.0. The molecule has 1 heterocycles. The summed E-state index contributed by atoms with van der Waals surface area (Å²) in [6, 6.07) is -4.05. The molecule has 144 valence electrons. The van der Waals surface area contributed by atoms with Crippen molar-refractivity contribution in [3.63, 3.8) is 0 Å². The molecule has 0 aliphatic rings. The van der Waals surface area contributed by atoms with Gasteiger partial charge in [-0.05, 0) is 6.92 Å². The molecule has 12 nitrogen and oxygen atoms in total. The molecule has 3 amide bonds. The fourth-order valence-corrected chi connectivity index (χ4v) is 2.06. The summed E-state index contributed by atoms with van der Waals surface area (Å²) in [4.78, 5) is 53.0. The maximum absolute atomic E-state index is 12.4. The molecule has 1 aromatic heterocycles. The fourth-order valence-electron chi connectivity index (χ4n) is 2.06. The number of hydrogen-bond donors (Lipinski definition) is 7. The van der Waals surface area contributed by atoms with Crippen molar-refractivity contribution in [1.29, 1.82) is 0 Å². The lowest BCUT2D eigenvalue weighted by Gasteiger charge is -2.23. The van der Waals surface area contributed by atoms with Crippen molar-refractivity contribution < 1.29 is 29.4 Å². The van der Waals surface area contributed by atoms with E-state index in [-0.39, 0.29) is 6.42 Å². The van der Waals surface area contributed by atoms with Gasteiger partial charge in [-0.15, -0.1) is 0 Å². The number of imidazole rings is 1. The molecule has 0 saturated heterocycles. The predicted molar refractivity (Wildman–Crippen MR) is 87.3 cm³/mol. The molecule has 0 saturated carbocycles. The number of rotatable bonds is 10. The molecule has 4 unspecified atom stereocenters. The average Bonchev–Trinajstić information content (AvgIpc) is 3.03. The third-order valence-electron chi connectivity index (χ3n) is 3.42. The van der Waals surface area contributed by atoms with Crippen molar-refractivity contribution in [3.8, 4) is 0 Å². The lowest BCUT2D eigenvalue weighted by atomic mass is 10.1. The van der Waals surface area contributed by atoms with Crippen LogP contribution in [-0.2, 0) is 25.6 Å². The Bertz CT molecular complexity index is 646. The first-order valence-corrected chi connectivity index (χ1v) is 7.64. The van der Waals surface area contributed by atoms with Gasteiger partial charge in [0.05, 0.1) is 24.9 Å². The van der Waals surface area contributed by atoms with E-state index in [1.165, 1.54) is 19.4 Å². The van der Waals surface area contributed by atoms with E-state index < -0.39 is 54.3 Å². The molecule has 26 heavy (non-hydrogen) atoms. The highest BCUT2D eigenvalue weighted by molar-refractivity contribution is 5.93. The number of aromatic amines is 1. The zero-order valence-corrected chi connectivity index (χ0v) is 14.0. The van der Waals surface area contributed by atoms with E-state index in [9.17, 15) is 24.3 Å². The largest absolute Gasteiger partial charge is 0.480 e. The van der Waals surface area contributed by atoms with Crippen LogP contribution >= 0.6 is 0 Å². The molecule has 0 bridgehead atoms. The normalized spacial score (nSPS) is 15.3. The Morgan fingerprint density at radius 2 is 1.92 bits per heavy atom. The van der Waals surface area contributed by atoms with Crippen LogP contribution in [0, 0.1) is 0 Å². The van der Waals surface area contributed by atoms with E-state index in [4.69, 9.17) is 16.6 Å². The van der Waals surface area contributed by atoms with E-state index in [1.807, 2.05) is 0 Å². The lowest BCUT2D eigenvalue weighted by Crippen LogP contribution is -2.57. The third-order valence-corrected chi connectivity index (χ3v) is 3.42. The lowest BCUT2D eigenvalue weighted by molar-refractivity contribution is -0.145. The van der Waals surface area contributed by atoms with Gasteiger partial charge >= 0.3 is 5.97 Å². The minimum absolute atomic E-state index is 0.0486. The summed E-state index contributed by atoms with van der Waals surface area (Å²) >= 11 is 0. The quantitative estimate of drug-likeness (QED) is 0.220. The van der Waals surface area contributed by atoms with Crippen LogP contribution in [0.15, 0.2) is 12.5 Å². The van der Waals surface area contributed by atoms with Crippen LogP contribution < -0.4 is 22.1 Å². The third kappa shape index (κ3) is 6.49. The predicted octanol–water partition coefficient (Wildman–Crippen LogP) is -3.41. The zero-order chi connectivity index (χ0) is 19.9. The Hall–Kier alpha value is -2.99. The minimum Gasteiger partial charge on any atom is -0.480 e. The van der Waals surface area contributed by atoms with E-state index in [0.717, 1.165) is 0 Å². The number of amides is 3. The monoisotopic (exact) mass is 370 g/mol. The number of nitrogens with two attached hydrogens (primary N) is 2. The highest BCUT2D eigenvalue weighted by atomic mass is 16.4. The first-order valence-electron chi connectivity index (χ1n) is 7.64. The minimum atomic E-state index is -1.57. The van der Waals surface area contributed by atoms with Crippen LogP contribution in [0.3, 0.4) is 0 Å². The van der Waals surface area contributed by atoms with Crippen LogP contribution in [0.5, 0.6) is 0 Å². The van der Waals surface area contributed by atoms with Crippen molar-refractivity contribution in [2.45, 2.75) is 44.0 Å². The Balaban J connectivity index is 2.90. The first kappa shape index (κ1) is 21.1. The van der Waals surface area contributed by atoms with Crippen LogP contribution in [0.25, 0.3) is 0 Å². The molecular weight excluding hydrogens is 348 g/mol. The highest BCUT2D eigenvalue weighted by Crippen LogP contribution is 2.02. The van der Waals surface area contributed by atoms with Gasteiger partial charge in [0.25, 0.3) is 0 Å². The van der Waals surface area contributed by atoms with Gasteiger partial charge in [0.15, 0.2) is 6.04 Å². The Labute approximate surface area is 148 Å². The maximum Gasteiger partial charge on any atom is 0.328 e. The van der Waals surface area contributed by atoms with Gasteiger partial charge in [0.2, 0.25) is 17.7 Å². The SMILES string of the molecule is CC(O)C(NC(=O)C(Cc1cnc[nH]1)NC(=O)C(N)CC(N)=O)C(=O)O. The van der Waals surface area contributed by atoms with Crippen molar-refractivity contribution in [3.05, 3.63) is 18.2 Å². The molecule has 4 atom stereocenters.